The third-order valence-electron chi connectivity index (χ3n) is 0.910. The third kappa shape index (κ3) is 22.6. The van der Waals surface area contributed by atoms with Crippen LogP contribution in [0.5, 0.6) is 0 Å². The molecular weight excluding hydrogens is 201 g/mol. The first-order valence-electron chi connectivity index (χ1n) is 3.67. The fourth-order valence-corrected chi connectivity index (χ4v) is 0.743. The Bertz CT molecular complexity index is 131. The summed E-state index contributed by atoms with van der Waals surface area (Å²) in [4.78, 5) is 0. The first kappa shape index (κ1) is 19.2. The van der Waals surface area contributed by atoms with Gasteiger partial charge in [-0.15, -0.1) is 0 Å². The van der Waals surface area contributed by atoms with Crippen LogP contribution in [0, 0.1) is 6.42 Å². The molecule has 0 rings (SSSR count). The van der Waals surface area contributed by atoms with E-state index in [2.05, 4.69) is 4.72 Å². The van der Waals surface area contributed by atoms with E-state index in [1.807, 2.05) is 34.1 Å². The molecule has 12 heavy (non-hydrogen) atoms. The summed E-state index contributed by atoms with van der Waals surface area (Å²) in [5.41, 5.74) is 0. The van der Waals surface area contributed by atoms with Crippen molar-refractivity contribution in [1.82, 2.24) is 4.72 Å². The molecule has 0 bridgehead atoms. The van der Waals surface area contributed by atoms with Crippen LogP contribution in [0.3, 0.4) is 0 Å². The summed E-state index contributed by atoms with van der Waals surface area (Å²) in [6, 6.07) is 0.0633. The van der Waals surface area contributed by atoms with Crippen molar-refractivity contribution in [2.75, 3.05) is 0 Å². The van der Waals surface area contributed by atoms with Crippen molar-refractivity contribution in [2.45, 2.75) is 40.2 Å². The fourth-order valence-electron chi connectivity index (χ4n) is 0.248. The molecule has 0 aliphatic rings. The minimum Gasteiger partial charge on any atom is -0.409 e. The van der Waals surface area contributed by atoms with Gasteiger partial charge in [-0.05, 0) is 23.4 Å². The number of hydrogen-bond donors (Lipinski definition) is 1. The van der Waals surface area contributed by atoms with Gasteiger partial charge in [0.25, 0.3) is 0 Å². The van der Waals surface area contributed by atoms with Crippen LogP contribution in [-0.4, -0.2) is 6.04 Å². The average Bonchev–Trinajstić information content (AvgIpc) is 1.88. The topological polar surface area (TPSA) is 46.2 Å². The smallest absolute Gasteiger partial charge is 0.409 e. The van der Waals surface area contributed by atoms with Gasteiger partial charge in [0, 0.05) is 0 Å². The molecule has 0 saturated heterocycles. The molecule has 0 amide bonds. The molecule has 1 atom stereocenters. The van der Waals surface area contributed by atoms with Crippen LogP contribution in [0.4, 0.5) is 0 Å². The summed E-state index contributed by atoms with van der Waals surface area (Å²) in [7, 11) is -2.10. The maximum atomic E-state index is 9.86. The standard InChI is InChI=1S/C4H10NO2S.C3H7.K/c1-3-4(2)5-8(6)7;1-3-2;/h4H,3H2,1-2H3,(H,5,6,7);3H,1-2H3;/q2*-1;+1. The maximum absolute atomic E-state index is 9.86. The summed E-state index contributed by atoms with van der Waals surface area (Å²) in [5, 5.41) is 0. The molecule has 0 aliphatic carbocycles. The Hall–Kier alpha value is 1.55. The molecule has 70 valence electrons. The Kier molecular flexibility index (Phi) is 24.0. The van der Waals surface area contributed by atoms with E-state index in [-0.39, 0.29) is 57.4 Å². The molecule has 0 spiro atoms. The number of hydrogen-bond acceptors (Lipinski definition) is 3. The molecule has 0 aliphatic heterocycles. The van der Waals surface area contributed by atoms with Crippen LogP contribution in [0.1, 0.15) is 34.1 Å². The Morgan fingerprint density at radius 2 is 1.75 bits per heavy atom. The Labute approximate surface area is 120 Å². The van der Waals surface area contributed by atoms with Crippen molar-refractivity contribution in [3.05, 3.63) is 6.42 Å². The molecule has 0 radical (unpaired) electrons. The van der Waals surface area contributed by atoms with E-state index in [1.165, 1.54) is 0 Å². The fraction of sp³-hybridized carbons (Fsp3) is 0.857. The van der Waals surface area contributed by atoms with Crippen molar-refractivity contribution >= 4 is 10.9 Å². The van der Waals surface area contributed by atoms with Crippen LogP contribution in [-0.2, 0) is 19.3 Å². The number of rotatable bonds is 3. The van der Waals surface area contributed by atoms with Gasteiger partial charge in [-0.1, -0.05) is 13.8 Å². The minimum absolute atomic E-state index is 0. The van der Waals surface area contributed by atoms with Crippen molar-refractivity contribution in [3.63, 3.8) is 0 Å². The molecule has 0 aromatic carbocycles. The molecular formula is C7H17KNO2S-. The molecule has 0 heterocycles. The van der Waals surface area contributed by atoms with Crippen LogP contribution < -0.4 is 56.1 Å². The van der Waals surface area contributed by atoms with Crippen molar-refractivity contribution in [1.29, 1.82) is 0 Å². The van der Waals surface area contributed by atoms with E-state index >= 15 is 0 Å². The van der Waals surface area contributed by atoms with E-state index in [9.17, 15) is 8.42 Å². The van der Waals surface area contributed by atoms with Gasteiger partial charge in [0.15, 0.2) is 0 Å². The zero-order chi connectivity index (χ0) is 9.28. The molecule has 0 aromatic heterocycles. The van der Waals surface area contributed by atoms with Gasteiger partial charge in [0.2, 0.25) is 0 Å². The van der Waals surface area contributed by atoms with Crippen LogP contribution >= 0.6 is 0 Å². The van der Waals surface area contributed by atoms with Crippen LogP contribution in [0.25, 0.3) is 0 Å². The predicted molar refractivity (Wildman–Crippen MR) is 47.3 cm³/mol. The Morgan fingerprint density at radius 3 is 1.83 bits per heavy atom. The summed E-state index contributed by atoms with van der Waals surface area (Å²) in [6.07, 6.45) is 2.83. The van der Waals surface area contributed by atoms with E-state index in [0.29, 0.717) is 0 Å². The van der Waals surface area contributed by atoms with Crippen molar-refractivity contribution < 1.29 is 59.8 Å². The predicted octanol–water partition coefficient (Wildman–Crippen LogP) is -1.17. The summed E-state index contributed by atoms with van der Waals surface area (Å²) < 4.78 is 22.0. The maximum Gasteiger partial charge on any atom is 1.00 e. The van der Waals surface area contributed by atoms with Gasteiger partial charge >= 0.3 is 51.4 Å². The average molecular weight is 218 g/mol. The quantitative estimate of drug-likeness (QED) is 0.369. The number of nitrogens with one attached hydrogen (secondary N) is 1. The molecule has 1 unspecified atom stereocenters. The normalized spacial score (nSPS) is 11.1. The second kappa shape index (κ2) is 15.0. The van der Waals surface area contributed by atoms with E-state index in [0.717, 1.165) is 6.42 Å². The third-order valence-corrected chi connectivity index (χ3v) is 1.50. The largest absolute Gasteiger partial charge is 1.00 e. The van der Waals surface area contributed by atoms with Crippen LogP contribution in [0.15, 0.2) is 0 Å². The summed E-state index contributed by atoms with van der Waals surface area (Å²) in [6.45, 7) is 7.74. The SMILES string of the molecule is CCC(C)N[S-](=O)=O.C[CH-]C.[K+]. The summed E-state index contributed by atoms with van der Waals surface area (Å²) in [5.74, 6) is 0. The molecule has 5 heteroatoms. The van der Waals surface area contributed by atoms with Gasteiger partial charge in [-0.2, -0.15) is 13.8 Å². The molecule has 1 N–H and O–H groups in total. The van der Waals surface area contributed by atoms with Gasteiger partial charge in [-0.25, -0.2) is 0 Å². The van der Waals surface area contributed by atoms with Gasteiger partial charge < -0.3 is 19.6 Å². The Balaban J connectivity index is -0.000000177. The monoisotopic (exact) mass is 218 g/mol. The molecule has 3 nitrogen and oxygen atoms in total. The first-order valence-corrected chi connectivity index (χ1v) is 4.75. The zero-order valence-corrected chi connectivity index (χ0v) is 12.5. The first-order chi connectivity index (χ1) is 5.08. The molecule has 0 fully saturated rings. The van der Waals surface area contributed by atoms with Crippen LogP contribution in [0.2, 0.25) is 0 Å². The second-order valence-electron chi connectivity index (χ2n) is 2.24. The van der Waals surface area contributed by atoms with E-state index in [4.69, 9.17) is 0 Å². The minimum atomic E-state index is -2.10. The van der Waals surface area contributed by atoms with Gasteiger partial charge in [0.1, 0.15) is 0 Å². The second-order valence-corrected chi connectivity index (χ2v) is 2.94. The Morgan fingerprint density at radius 1 is 1.42 bits per heavy atom. The van der Waals surface area contributed by atoms with Gasteiger partial charge in [-0.3, -0.25) is 0 Å². The zero-order valence-electron chi connectivity index (χ0n) is 8.59. The molecule has 0 saturated carbocycles. The van der Waals surface area contributed by atoms with Crippen molar-refractivity contribution in [2.24, 2.45) is 0 Å². The summed E-state index contributed by atoms with van der Waals surface area (Å²) >= 11 is 0. The van der Waals surface area contributed by atoms with E-state index in [1.54, 1.807) is 0 Å². The van der Waals surface area contributed by atoms with E-state index < -0.39 is 10.9 Å². The molecule has 0 aromatic rings. The van der Waals surface area contributed by atoms with Gasteiger partial charge in [0.05, 0.1) is 0 Å². The van der Waals surface area contributed by atoms with Crippen molar-refractivity contribution in [3.8, 4) is 0 Å².